The van der Waals surface area contributed by atoms with Crippen molar-refractivity contribution in [3.63, 3.8) is 0 Å². The van der Waals surface area contributed by atoms with Crippen LogP contribution in [0.1, 0.15) is 41.0 Å². The van der Waals surface area contributed by atoms with Gasteiger partial charge in [0, 0.05) is 19.6 Å². The van der Waals surface area contributed by atoms with E-state index in [2.05, 4.69) is 15.5 Å². The number of nitrogens with zero attached hydrogens (tertiary/aromatic N) is 2. The Morgan fingerprint density at radius 3 is 3.04 bits per heavy atom. The molecule has 3 heterocycles. The van der Waals surface area contributed by atoms with Crippen molar-refractivity contribution in [1.29, 1.82) is 0 Å². The maximum Gasteiger partial charge on any atom is 0.255 e. The lowest BCUT2D eigenvalue weighted by molar-refractivity contribution is 0.0835. The van der Waals surface area contributed by atoms with Crippen molar-refractivity contribution in [3.8, 4) is 11.5 Å². The predicted octanol–water partition coefficient (Wildman–Crippen LogP) is 1.66. The lowest BCUT2D eigenvalue weighted by atomic mass is 10.1. The van der Waals surface area contributed by atoms with Crippen LogP contribution in [0.4, 0.5) is 0 Å². The summed E-state index contributed by atoms with van der Waals surface area (Å²) in [4.78, 5) is 16.7. The van der Waals surface area contributed by atoms with Crippen molar-refractivity contribution in [2.75, 3.05) is 26.4 Å². The van der Waals surface area contributed by atoms with Crippen LogP contribution in [0.15, 0.2) is 22.7 Å². The molecule has 4 rings (SSSR count). The highest BCUT2D eigenvalue weighted by Crippen LogP contribution is 2.33. The number of ether oxygens (including phenoxy) is 3. The van der Waals surface area contributed by atoms with E-state index >= 15 is 0 Å². The number of nitrogens with one attached hydrogen (secondary N) is 1. The zero-order valence-corrected chi connectivity index (χ0v) is 13.7. The van der Waals surface area contributed by atoms with E-state index in [0.29, 0.717) is 55.0 Å². The van der Waals surface area contributed by atoms with Gasteiger partial charge in [-0.25, -0.2) is 0 Å². The van der Waals surface area contributed by atoms with Crippen LogP contribution in [0.25, 0.3) is 0 Å². The van der Waals surface area contributed by atoms with Crippen molar-refractivity contribution in [2.24, 2.45) is 0 Å². The highest BCUT2D eigenvalue weighted by atomic mass is 16.6. The molecule has 0 saturated carbocycles. The second kappa shape index (κ2) is 7.10. The van der Waals surface area contributed by atoms with E-state index < -0.39 is 0 Å². The van der Waals surface area contributed by atoms with E-state index in [1.54, 1.807) is 18.2 Å². The molecule has 0 aliphatic carbocycles. The first kappa shape index (κ1) is 15.9. The quantitative estimate of drug-likeness (QED) is 0.880. The van der Waals surface area contributed by atoms with Crippen LogP contribution in [-0.2, 0) is 11.2 Å². The summed E-state index contributed by atoms with van der Waals surface area (Å²) in [5.74, 6) is 1.94. The first-order valence-electron chi connectivity index (χ1n) is 8.42. The molecule has 8 nitrogen and oxygen atoms in total. The van der Waals surface area contributed by atoms with Crippen LogP contribution in [0.3, 0.4) is 0 Å². The summed E-state index contributed by atoms with van der Waals surface area (Å²) in [7, 11) is 0. The number of benzene rings is 1. The predicted molar refractivity (Wildman–Crippen MR) is 85.7 cm³/mol. The number of para-hydroxylation sites is 1. The molecule has 25 heavy (non-hydrogen) atoms. The number of carbonyl (C=O) groups excluding carboxylic acids is 1. The van der Waals surface area contributed by atoms with Crippen LogP contribution < -0.4 is 14.8 Å². The van der Waals surface area contributed by atoms with Crippen molar-refractivity contribution in [3.05, 3.63) is 35.5 Å². The van der Waals surface area contributed by atoms with Crippen LogP contribution >= 0.6 is 0 Å². The summed E-state index contributed by atoms with van der Waals surface area (Å²) in [6.45, 7) is 2.05. The molecule has 1 saturated heterocycles. The Balaban J connectivity index is 1.33. The molecule has 0 unspecified atom stereocenters. The summed E-state index contributed by atoms with van der Waals surface area (Å²) >= 11 is 0. The molecule has 8 heteroatoms. The largest absolute Gasteiger partial charge is 0.486 e. The van der Waals surface area contributed by atoms with Crippen LogP contribution in [0, 0.1) is 0 Å². The Labute approximate surface area is 144 Å². The molecule has 132 valence electrons. The number of hydrogen-bond donors (Lipinski definition) is 1. The summed E-state index contributed by atoms with van der Waals surface area (Å²) in [6, 6.07) is 5.28. The molecular weight excluding hydrogens is 326 g/mol. The molecule has 1 aromatic carbocycles. The third kappa shape index (κ3) is 3.43. The van der Waals surface area contributed by atoms with Crippen LogP contribution in [0.2, 0.25) is 0 Å². The third-order valence-electron chi connectivity index (χ3n) is 4.13. The second-order valence-corrected chi connectivity index (χ2v) is 5.89. The molecule has 0 bridgehead atoms. The van der Waals surface area contributed by atoms with E-state index in [1.165, 1.54) is 0 Å². The molecule has 0 spiro atoms. The normalized spacial score (nSPS) is 19.0. The molecule has 0 radical (unpaired) electrons. The molecular formula is C17H19N3O5. The maximum absolute atomic E-state index is 12.4. The molecule has 1 fully saturated rings. The Hall–Kier alpha value is -2.61. The van der Waals surface area contributed by atoms with Gasteiger partial charge in [-0.15, -0.1) is 0 Å². The number of hydrogen-bond acceptors (Lipinski definition) is 7. The summed E-state index contributed by atoms with van der Waals surface area (Å²) in [5, 5.41) is 6.79. The fraction of sp³-hybridized carbons (Fsp3) is 0.471. The zero-order valence-electron chi connectivity index (χ0n) is 13.7. The maximum atomic E-state index is 12.4. The minimum absolute atomic E-state index is 0.0937. The highest BCUT2D eigenvalue weighted by Gasteiger charge is 2.24. The van der Waals surface area contributed by atoms with Gasteiger partial charge in [0.05, 0.1) is 5.56 Å². The SMILES string of the molecule is O=C(NCCc1noc([C@H]2CCCO2)n1)c1cccc2c1OCCO2. The molecule has 2 aromatic rings. The lowest BCUT2D eigenvalue weighted by Gasteiger charge is -2.20. The van der Waals surface area contributed by atoms with E-state index in [1.807, 2.05) is 0 Å². The fourth-order valence-corrected chi connectivity index (χ4v) is 2.91. The topological polar surface area (TPSA) is 95.7 Å². The first-order valence-corrected chi connectivity index (χ1v) is 8.42. The van der Waals surface area contributed by atoms with Crippen molar-refractivity contribution in [1.82, 2.24) is 15.5 Å². The fourth-order valence-electron chi connectivity index (χ4n) is 2.91. The Morgan fingerprint density at radius 2 is 2.16 bits per heavy atom. The van der Waals surface area contributed by atoms with E-state index in [0.717, 1.165) is 19.4 Å². The van der Waals surface area contributed by atoms with Gasteiger partial charge in [0.1, 0.15) is 19.3 Å². The van der Waals surface area contributed by atoms with Gasteiger partial charge in [0.2, 0.25) is 0 Å². The number of carbonyl (C=O) groups is 1. The third-order valence-corrected chi connectivity index (χ3v) is 4.13. The molecule has 1 atom stereocenters. The Morgan fingerprint density at radius 1 is 1.24 bits per heavy atom. The minimum atomic E-state index is -0.217. The summed E-state index contributed by atoms with van der Waals surface area (Å²) in [6.07, 6.45) is 2.29. The number of aromatic nitrogens is 2. The zero-order chi connectivity index (χ0) is 17.1. The number of fused-ring (bicyclic) bond motifs is 1. The smallest absolute Gasteiger partial charge is 0.255 e. The monoisotopic (exact) mass is 345 g/mol. The van der Waals surface area contributed by atoms with Gasteiger partial charge >= 0.3 is 0 Å². The molecule has 2 aliphatic rings. The van der Waals surface area contributed by atoms with Gasteiger partial charge < -0.3 is 24.1 Å². The molecule has 1 N–H and O–H groups in total. The molecule has 1 amide bonds. The standard InChI is InChI=1S/C17H19N3O5/c21-16(11-3-1-4-12-15(11)24-10-9-23-12)18-7-6-14-19-17(25-20-14)13-5-2-8-22-13/h1,3-4,13H,2,5-10H2,(H,18,21)/t13-/m1/s1. The van der Waals surface area contributed by atoms with Crippen LogP contribution in [0.5, 0.6) is 11.5 Å². The average molecular weight is 345 g/mol. The summed E-state index contributed by atoms with van der Waals surface area (Å²) < 4.78 is 21.8. The van der Waals surface area contributed by atoms with Crippen LogP contribution in [-0.4, -0.2) is 42.4 Å². The summed E-state index contributed by atoms with van der Waals surface area (Å²) in [5.41, 5.74) is 0.463. The van der Waals surface area contributed by atoms with E-state index in [4.69, 9.17) is 18.7 Å². The Kier molecular flexibility index (Phi) is 4.51. The average Bonchev–Trinajstić information content (AvgIpc) is 3.32. The lowest BCUT2D eigenvalue weighted by Crippen LogP contribution is -2.27. The number of amides is 1. The van der Waals surface area contributed by atoms with Crippen molar-refractivity contribution >= 4 is 5.91 Å². The van der Waals surface area contributed by atoms with Crippen molar-refractivity contribution in [2.45, 2.75) is 25.4 Å². The number of rotatable bonds is 5. The molecule has 1 aromatic heterocycles. The van der Waals surface area contributed by atoms with E-state index in [-0.39, 0.29) is 12.0 Å². The first-order chi connectivity index (χ1) is 12.3. The van der Waals surface area contributed by atoms with Crippen molar-refractivity contribution < 1.29 is 23.5 Å². The van der Waals surface area contributed by atoms with Gasteiger partial charge in [-0.1, -0.05) is 11.2 Å². The Bertz CT molecular complexity index is 754. The molecule has 2 aliphatic heterocycles. The minimum Gasteiger partial charge on any atom is -0.486 e. The van der Waals surface area contributed by atoms with Gasteiger partial charge in [0.15, 0.2) is 17.3 Å². The van der Waals surface area contributed by atoms with E-state index in [9.17, 15) is 4.79 Å². The van der Waals surface area contributed by atoms with Gasteiger partial charge in [-0.2, -0.15) is 4.98 Å². The second-order valence-electron chi connectivity index (χ2n) is 5.89. The van der Waals surface area contributed by atoms with Gasteiger partial charge in [-0.05, 0) is 25.0 Å². The highest BCUT2D eigenvalue weighted by molar-refractivity contribution is 5.97. The van der Waals surface area contributed by atoms with Gasteiger partial charge in [-0.3, -0.25) is 4.79 Å². The van der Waals surface area contributed by atoms with Gasteiger partial charge in [0.25, 0.3) is 11.8 Å².